The molecule has 0 radical (unpaired) electrons. The average Bonchev–Trinajstić information content (AvgIpc) is 2.14. The number of hydrogen-bond donors (Lipinski definition) is 0. The standard InChI is InChI=1S/C11H28N6Si/c1-12(2)10-14(5)18(15(10)6)16(7)11(13(3)4)17(18,8)9/h11H,1-9H3/q+2. The first-order valence-electron chi connectivity index (χ1n) is 6.36. The van der Waals surface area contributed by atoms with Crippen molar-refractivity contribution in [2.45, 2.75) is 6.29 Å². The molecule has 0 aromatic heterocycles. The van der Waals surface area contributed by atoms with E-state index in [1.165, 1.54) is 5.96 Å². The summed E-state index contributed by atoms with van der Waals surface area (Å²) in [5.41, 5.74) is 0. The van der Waals surface area contributed by atoms with E-state index < -0.39 is 8.72 Å². The Morgan fingerprint density at radius 1 is 1.11 bits per heavy atom. The van der Waals surface area contributed by atoms with Crippen molar-refractivity contribution in [3.63, 3.8) is 0 Å². The monoisotopic (exact) mass is 272 g/mol. The second-order valence-electron chi connectivity index (χ2n) is 6.37. The van der Waals surface area contributed by atoms with Gasteiger partial charge in [0.1, 0.15) is 0 Å². The van der Waals surface area contributed by atoms with Crippen LogP contribution in [0.4, 0.5) is 0 Å². The summed E-state index contributed by atoms with van der Waals surface area (Å²) >= 11 is 0. The SMILES string of the molecule is CN(C)C1N(C)[Si]2(N(C)C(=[N+](C)C)N2C)[N+]1(C)C. The molecular weight excluding hydrogens is 244 g/mol. The molecule has 2 aliphatic rings. The van der Waals surface area contributed by atoms with Crippen LogP contribution in [0.5, 0.6) is 0 Å². The van der Waals surface area contributed by atoms with Crippen LogP contribution in [0.15, 0.2) is 0 Å². The van der Waals surface area contributed by atoms with Crippen molar-refractivity contribution in [1.29, 1.82) is 0 Å². The first-order valence-corrected chi connectivity index (χ1v) is 8.15. The minimum Gasteiger partial charge on any atom is -0.286 e. The predicted molar refractivity (Wildman–Crippen MR) is 75.7 cm³/mol. The molecule has 104 valence electrons. The van der Waals surface area contributed by atoms with E-state index in [0.717, 1.165) is 4.15 Å². The van der Waals surface area contributed by atoms with Gasteiger partial charge >= 0.3 is 14.7 Å². The van der Waals surface area contributed by atoms with Crippen molar-refractivity contribution < 1.29 is 8.72 Å². The van der Waals surface area contributed by atoms with Crippen LogP contribution in [0, 0.1) is 0 Å². The molecule has 1 atom stereocenters. The molecule has 6 nitrogen and oxygen atoms in total. The van der Waals surface area contributed by atoms with Crippen LogP contribution in [0.3, 0.4) is 0 Å². The highest BCUT2D eigenvalue weighted by Gasteiger charge is 2.93. The normalized spacial score (nSPS) is 35.0. The highest BCUT2D eigenvalue weighted by molar-refractivity contribution is 6.76. The third-order valence-electron chi connectivity index (χ3n) is 4.53. The molecule has 0 saturated carbocycles. The van der Waals surface area contributed by atoms with Crippen LogP contribution in [0.1, 0.15) is 0 Å². The Balaban J connectivity index is 2.40. The van der Waals surface area contributed by atoms with Gasteiger partial charge in [0.2, 0.25) is 0 Å². The van der Waals surface area contributed by atoms with Gasteiger partial charge in [-0.15, -0.1) is 0 Å². The van der Waals surface area contributed by atoms with Crippen LogP contribution in [-0.2, 0) is 0 Å². The maximum atomic E-state index is 2.57. The highest BCUT2D eigenvalue weighted by atomic mass is 28.4. The Labute approximate surface area is 112 Å². The fourth-order valence-electron chi connectivity index (χ4n) is 4.54. The molecule has 0 amide bonds. The van der Waals surface area contributed by atoms with Gasteiger partial charge in [-0.05, 0) is 21.1 Å². The van der Waals surface area contributed by atoms with Gasteiger partial charge in [-0.25, -0.2) is 14.0 Å². The lowest BCUT2D eigenvalue weighted by atomic mass is 10.6. The molecule has 7 heteroatoms. The molecule has 1 unspecified atom stereocenters. The highest BCUT2D eigenvalue weighted by Crippen LogP contribution is 2.46. The van der Waals surface area contributed by atoms with E-state index in [-0.39, 0.29) is 0 Å². The zero-order valence-corrected chi connectivity index (χ0v) is 14.3. The number of quaternary nitrogens is 1. The number of rotatable bonds is 1. The van der Waals surface area contributed by atoms with Gasteiger partial charge in [0, 0.05) is 0 Å². The van der Waals surface area contributed by atoms with E-state index >= 15 is 0 Å². The number of hydrogen-bond acceptors (Lipinski definition) is 2. The molecule has 2 saturated heterocycles. The Morgan fingerprint density at radius 2 is 1.56 bits per heavy atom. The van der Waals surface area contributed by atoms with E-state index in [2.05, 4.69) is 86.6 Å². The Morgan fingerprint density at radius 3 is 1.83 bits per heavy atom. The van der Waals surface area contributed by atoms with Gasteiger partial charge in [0.25, 0.3) is 0 Å². The summed E-state index contributed by atoms with van der Waals surface area (Å²) in [6, 6.07) is 0. The van der Waals surface area contributed by atoms with Crippen LogP contribution in [-0.4, -0.2) is 112 Å². The molecule has 1 spiro atoms. The maximum Gasteiger partial charge on any atom is 0.768 e. The molecule has 0 aliphatic carbocycles. The van der Waals surface area contributed by atoms with Gasteiger partial charge in [-0.1, -0.05) is 0 Å². The molecule has 2 fully saturated rings. The second kappa shape index (κ2) is 3.69. The summed E-state index contributed by atoms with van der Waals surface area (Å²) in [5.74, 6) is 1.32. The smallest absolute Gasteiger partial charge is 0.286 e. The summed E-state index contributed by atoms with van der Waals surface area (Å²) in [6.07, 6.45) is 0.463. The van der Waals surface area contributed by atoms with E-state index in [1.807, 2.05) is 0 Å². The van der Waals surface area contributed by atoms with Crippen molar-refractivity contribution in [2.24, 2.45) is 0 Å². The lowest BCUT2D eigenvalue weighted by molar-refractivity contribution is -0.899. The minimum atomic E-state index is -1.76. The number of nitrogens with zero attached hydrogens (tertiary/aromatic N) is 6. The predicted octanol–water partition coefficient (Wildman–Crippen LogP) is -1.21. The van der Waals surface area contributed by atoms with Crippen molar-refractivity contribution in [1.82, 2.24) is 18.6 Å². The fraction of sp³-hybridized carbons (Fsp3) is 0.909. The first kappa shape index (κ1) is 13.8. The van der Waals surface area contributed by atoms with Gasteiger partial charge in [-0.3, -0.25) is 8.72 Å². The summed E-state index contributed by atoms with van der Waals surface area (Å²) in [5, 5.41) is 0. The van der Waals surface area contributed by atoms with Crippen LogP contribution in [0.25, 0.3) is 0 Å². The molecular formula is C11H28N6Si+2. The largest absolute Gasteiger partial charge is 0.768 e. The summed E-state index contributed by atoms with van der Waals surface area (Å²) in [7, 11) is 18.3. The minimum absolute atomic E-state index is 0.463. The lowest BCUT2D eigenvalue weighted by Crippen LogP contribution is -3.07. The molecule has 2 aliphatic heterocycles. The Bertz CT molecular complexity index is 388. The van der Waals surface area contributed by atoms with Gasteiger partial charge in [-0.2, -0.15) is 4.57 Å². The Kier molecular flexibility index (Phi) is 2.83. The molecule has 2 heterocycles. The van der Waals surface area contributed by atoms with Crippen molar-refractivity contribution in [2.75, 3.05) is 63.4 Å². The molecule has 2 rings (SSSR count). The third kappa shape index (κ3) is 1.16. The van der Waals surface area contributed by atoms with Crippen LogP contribution >= 0.6 is 0 Å². The molecule has 0 aromatic carbocycles. The van der Waals surface area contributed by atoms with Gasteiger partial charge in [0.05, 0.1) is 42.3 Å². The third-order valence-corrected chi connectivity index (χ3v) is 9.69. The maximum absolute atomic E-state index is 2.57. The molecule has 0 N–H and O–H groups in total. The molecule has 18 heavy (non-hydrogen) atoms. The summed E-state index contributed by atoms with van der Waals surface area (Å²) in [4.78, 5) is 2.31. The van der Waals surface area contributed by atoms with E-state index in [4.69, 9.17) is 0 Å². The van der Waals surface area contributed by atoms with E-state index in [1.54, 1.807) is 0 Å². The van der Waals surface area contributed by atoms with Crippen molar-refractivity contribution in [3.8, 4) is 0 Å². The van der Waals surface area contributed by atoms with Crippen molar-refractivity contribution >= 4 is 14.7 Å². The van der Waals surface area contributed by atoms with Crippen molar-refractivity contribution in [3.05, 3.63) is 0 Å². The number of guanidine groups is 1. The van der Waals surface area contributed by atoms with Crippen LogP contribution < -0.4 is 0 Å². The zero-order valence-electron chi connectivity index (χ0n) is 13.3. The molecule has 0 aromatic rings. The van der Waals surface area contributed by atoms with Gasteiger partial charge < -0.3 is 0 Å². The summed E-state index contributed by atoms with van der Waals surface area (Å²) < 4.78 is 10.8. The second-order valence-corrected chi connectivity index (χ2v) is 10.8. The van der Waals surface area contributed by atoms with Gasteiger partial charge in [0.15, 0.2) is 6.29 Å². The summed E-state index contributed by atoms with van der Waals surface area (Å²) in [6.45, 7) is 0. The molecule has 0 bridgehead atoms. The van der Waals surface area contributed by atoms with Crippen LogP contribution in [0.2, 0.25) is 0 Å². The fourth-order valence-corrected chi connectivity index (χ4v) is 10.8. The van der Waals surface area contributed by atoms with E-state index in [0.29, 0.717) is 6.29 Å². The Hall–Kier alpha value is -0.633. The average molecular weight is 272 g/mol. The zero-order chi connectivity index (χ0) is 14.0. The van der Waals surface area contributed by atoms with E-state index in [9.17, 15) is 0 Å². The lowest BCUT2D eigenvalue weighted by Gasteiger charge is -2.68. The quantitative estimate of drug-likeness (QED) is 0.440. The topological polar surface area (TPSA) is 16.0 Å². The first-order chi connectivity index (χ1) is 8.11.